The van der Waals surface area contributed by atoms with Crippen LogP contribution in [0.25, 0.3) is 0 Å². The average Bonchev–Trinajstić information content (AvgIpc) is 2.96. The van der Waals surface area contributed by atoms with Crippen molar-refractivity contribution in [1.82, 2.24) is 5.32 Å². The zero-order chi connectivity index (χ0) is 14.5. The van der Waals surface area contributed by atoms with Crippen LogP contribution in [-0.2, 0) is 9.53 Å². The summed E-state index contributed by atoms with van der Waals surface area (Å²) in [4.78, 5) is 11.7. The van der Waals surface area contributed by atoms with Crippen molar-refractivity contribution in [2.45, 2.75) is 18.3 Å². The molecule has 1 aliphatic heterocycles. The molecule has 20 heavy (non-hydrogen) atoms. The molecule has 2 rings (SSSR count). The highest BCUT2D eigenvalue weighted by Crippen LogP contribution is 2.37. The molecule has 5 nitrogen and oxygen atoms in total. The zero-order valence-electron chi connectivity index (χ0n) is 11.8. The molecule has 1 aliphatic rings. The highest BCUT2D eigenvalue weighted by molar-refractivity contribution is 7.99. The summed E-state index contributed by atoms with van der Waals surface area (Å²) >= 11 is 1.68. The predicted molar refractivity (Wildman–Crippen MR) is 78.3 cm³/mol. The molecule has 0 spiro atoms. The molecule has 1 N–H and O–H groups in total. The van der Waals surface area contributed by atoms with Gasteiger partial charge in [0.05, 0.1) is 26.2 Å². The quantitative estimate of drug-likeness (QED) is 0.839. The van der Waals surface area contributed by atoms with Gasteiger partial charge in [-0.2, -0.15) is 0 Å². The van der Waals surface area contributed by atoms with Crippen LogP contribution in [0, 0.1) is 0 Å². The van der Waals surface area contributed by atoms with Gasteiger partial charge in [-0.05, 0) is 24.6 Å². The summed E-state index contributed by atoms with van der Waals surface area (Å²) in [6.45, 7) is 2.22. The van der Waals surface area contributed by atoms with E-state index in [2.05, 4.69) is 5.32 Å². The van der Waals surface area contributed by atoms with Gasteiger partial charge in [0.2, 0.25) is 0 Å². The zero-order valence-corrected chi connectivity index (χ0v) is 12.7. The third-order valence-electron chi connectivity index (χ3n) is 3.06. The topological polar surface area (TPSA) is 56.8 Å². The van der Waals surface area contributed by atoms with Crippen molar-refractivity contribution < 1.29 is 19.0 Å². The third-order valence-corrected chi connectivity index (χ3v) is 4.33. The molecule has 0 bridgehead atoms. The standard InChI is InChI=1S/C14H19NO4S/c1-4-19-14(16)10-8-20-13(15-10)9-5-6-11(17-2)12(7-9)18-3/h5-7,10,13,15H,4,8H2,1-3H3/t10-,13+/m1/s1. The summed E-state index contributed by atoms with van der Waals surface area (Å²) in [5, 5.41) is 3.33. The van der Waals surface area contributed by atoms with Crippen LogP contribution >= 0.6 is 11.8 Å². The third kappa shape index (κ3) is 3.19. The summed E-state index contributed by atoms with van der Waals surface area (Å²) in [7, 11) is 3.22. The molecule has 1 saturated heterocycles. The highest BCUT2D eigenvalue weighted by atomic mass is 32.2. The molecule has 0 aliphatic carbocycles. The number of hydrogen-bond donors (Lipinski definition) is 1. The molecule has 0 saturated carbocycles. The van der Waals surface area contributed by atoms with E-state index >= 15 is 0 Å². The van der Waals surface area contributed by atoms with Gasteiger partial charge in [0.15, 0.2) is 11.5 Å². The van der Waals surface area contributed by atoms with Crippen molar-refractivity contribution in [3.8, 4) is 11.5 Å². The van der Waals surface area contributed by atoms with Crippen molar-refractivity contribution in [1.29, 1.82) is 0 Å². The van der Waals surface area contributed by atoms with Gasteiger partial charge in [-0.1, -0.05) is 6.07 Å². The lowest BCUT2D eigenvalue weighted by molar-refractivity contribution is -0.144. The monoisotopic (exact) mass is 297 g/mol. The molecule has 1 aromatic rings. The Morgan fingerprint density at radius 3 is 2.75 bits per heavy atom. The van der Waals surface area contributed by atoms with E-state index in [9.17, 15) is 4.79 Å². The van der Waals surface area contributed by atoms with Crippen LogP contribution in [0.15, 0.2) is 18.2 Å². The van der Waals surface area contributed by atoms with Gasteiger partial charge in [-0.15, -0.1) is 11.8 Å². The van der Waals surface area contributed by atoms with E-state index in [0.717, 1.165) is 5.56 Å². The Morgan fingerprint density at radius 2 is 2.10 bits per heavy atom. The lowest BCUT2D eigenvalue weighted by atomic mass is 10.2. The van der Waals surface area contributed by atoms with Crippen molar-refractivity contribution >= 4 is 17.7 Å². The molecular weight excluding hydrogens is 278 g/mol. The van der Waals surface area contributed by atoms with Crippen LogP contribution in [0.2, 0.25) is 0 Å². The van der Waals surface area contributed by atoms with Crippen LogP contribution < -0.4 is 14.8 Å². The van der Waals surface area contributed by atoms with E-state index in [-0.39, 0.29) is 17.4 Å². The Hall–Kier alpha value is -1.40. The molecule has 1 heterocycles. The second-order valence-electron chi connectivity index (χ2n) is 4.30. The van der Waals surface area contributed by atoms with Gasteiger partial charge in [-0.3, -0.25) is 10.1 Å². The minimum atomic E-state index is -0.252. The van der Waals surface area contributed by atoms with E-state index in [1.165, 1.54) is 0 Å². The van der Waals surface area contributed by atoms with Crippen molar-refractivity contribution in [2.75, 3.05) is 26.6 Å². The number of hydrogen-bond acceptors (Lipinski definition) is 6. The number of ether oxygens (including phenoxy) is 3. The van der Waals surface area contributed by atoms with Gasteiger partial charge in [0.1, 0.15) is 6.04 Å². The molecule has 1 aromatic carbocycles. The lowest BCUT2D eigenvalue weighted by Gasteiger charge is -2.15. The minimum Gasteiger partial charge on any atom is -0.493 e. The average molecular weight is 297 g/mol. The minimum absolute atomic E-state index is 0.0595. The molecule has 0 radical (unpaired) electrons. The van der Waals surface area contributed by atoms with Gasteiger partial charge >= 0.3 is 5.97 Å². The molecular formula is C14H19NO4S. The second kappa shape index (κ2) is 6.85. The van der Waals surface area contributed by atoms with Gasteiger partial charge < -0.3 is 14.2 Å². The van der Waals surface area contributed by atoms with Gasteiger partial charge in [-0.25, -0.2) is 0 Å². The maximum absolute atomic E-state index is 11.7. The molecule has 1 fully saturated rings. The van der Waals surface area contributed by atoms with Crippen LogP contribution in [0.3, 0.4) is 0 Å². The van der Waals surface area contributed by atoms with Gasteiger partial charge in [0.25, 0.3) is 0 Å². The van der Waals surface area contributed by atoms with Crippen LogP contribution in [0.5, 0.6) is 11.5 Å². The first-order chi connectivity index (χ1) is 9.69. The number of methoxy groups -OCH3 is 2. The van der Waals surface area contributed by atoms with Crippen molar-refractivity contribution in [3.63, 3.8) is 0 Å². The highest BCUT2D eigenvalue weighted by Gasteiger charge is 2.31. The normalized spacial score (nSPS) is 21.6. The predicted octanol–water partition coefficient (Wildman–Crippen LogP) is 1.97. The second-order valence-corrected chi connectivity index (χ2v) is 5.44. The fourth-order valence-corrected chi connectivity index (χ4v) is 3.28. The Morgan fingerprint density at radius 1 is 1.35 bits per heavy atom. The Labute approximate surface area is 123 Å². The molecule has 110 valence electrons. The number of rotatable bonds is 5. The fourth-order valence-electron chi connectivity index (χ4n) is 2.06. The Bertz CT molecular complexity index is 480. The van der Waals surface area contributed by atoms with Crippen molar-refractivity contribution in [3.05, 3.63) is 23.8 Å². The Balaban J connectivity index is 2.08. The maximum Gasteiger partial charge on any atom is 0.324 e. The maximum atomic E-state index is 11.7. The molecule has 2 atom stereocenters. The summed E-state index contributed by atoms with van der Waals surface area (Å²) in [5.41, 5.74) is 1.06. The van der Waals surface area contributed by atoms with Gasteiger partial charge in [0, 0.05) is 5.75 Å². The van der Waals surface area contributed by atoms with E-state index in [4.69, 9.17) is 14.2 Å². The number of benzene rings is 1. The molecule has 0 aromatic heterocycles. The van der Waals surface area contributed by atoms with Crippen LogP contribution in [0.4, 0.5) is 0 Å². The summed E-state index contributed by atoms with van der Waals surface area (Å²) < 4.78 is 15.5. The van der Waals surface area contributed by atoms with E-state index in [0.29, 0.717) is 23.9 Å². The SMILES string of the molecule is CCOC(=O)[C@H]1CS[C@@H](c2ccc(OC)c(OC)c2)N1. The lowest BCUT2D eigenvalue weighted by Crippen LogP contribution is -2.35. The molecule has 0 amide bonds. The number of nitrogens with one attached hydrogen (secondary N) is 1. The first-order valence-electron chi connectivity index (χ1n) is 6.45. The largest absolute Gasteiger partial charge is 0.493 e. The van der Waals surface area contributed by atoms with Crippen LogP contribution in [-0.4, -0.2) is 38.6 Å². The summed E-state index contributed by atoms with van der Waals surface area (Å²) in [6.07, 6.45) is 0. The van der Waals surface area contributed by atoms with E-state index in [1.54, 1.807) is 26.0 Å². The van der Waals surface area contributed by atoms with Crippen LogP contribution in [0.1, 0.15) is 17.9 Å². The Kier molecular flexibility index (Phi) is 5.14. The van der Waals surface area contributed by atoms with E-state index in [1.807, 2.05) is 25.1 Å². The first-order valence-corrected chi connectivity index (χ1v) is 7.50. The van der Waals surface area contributed by atoms with E-state index < -0.39 is 0 Å². The summed E-state index contributed by atoms with van der Waals surface area (Å²) in [5.74, 6) is 1.90. The first kappa shape index (κ1) is 15.0. The number of thioether (sulfide) groups is 1. The number of esters is 1. The molecule has 0 unspecified atom stereocenters. The van der Waals surface area contributed by atoms with Crippen molar-refractivity contribution in [2.24, 2.45) is 0 Å². The number of carbonyl (C=O) groups excluding carboxylic acids is 1. The number of carbonyl (C=O) groups is 1. The fraction of sp³-hybridized carbons (Fsp3) is 0.500. The summed E-state index contributed by atoms with van der Waals surface area (Å²) in [6, 6.07) is 5.52. The molecule has 6 heteroatoms. The smallest absolute Gasteiger partial charge is 0.324 e.